The molecule has 3 amide bonds. The van der Waals surface area contributed by atoms with Crippen molar-refractivity contribution in [2.24, 2.45) is 0 Å². The first-order valence-corrected chi connectivity index (χ1v) is 11.5. The van der Waals surface area contributed by atoms with E-state index in [0.29, 0.717) is 42.3 Å². The smallest absolute Gasteiger partial charge is 0.325 e. The van der Waals surface area contributed by atoms with E-state index in [-0.39, 0.29) is 18.0 Å². The highest BCUT2D eigenvalue weighted by Gasteiger charge is 2.50. The Balaban J connectivity index is 1.47. The molecule has 2 bridgehead atoms. The number of rotatable bonds is 6. The zero-order valence-electron chi connectivity index (χ0n) is 19.2. The van der Waals surface area contributed by atoms with Gasteiger partial charge in [-0.25, -0.2) is 4.79 Å². The van der Waals surface area contributed by atoms with Gasteiger partial charge in [0.25, 0.3) is 5.91 Å². The zero-order chi connectivity index (χ0) is 23.7. The molecular weight excluding hydrogens is 430 g/mol. The van der Waals surface area contributed by atoms with E-state index in [1.807, 2.05) is 68.4 Å². The summed E-state index contributed by atoms with van der Waals surface area (Å²) < 4.78 is 12.7. The predicted octanol–water partition coefficient (Wildman–Crippen LogP) is 4.78. The first kappa shape index (κ1) is 21.8. The molecule has 0 aromatic heterocycles. The summed E-state index contributed by atoms with van der Waals surface area (Å²) in [5.74, 6) is 1.07. The number of nitrogens with one attached hydrogen (secondary N) is 2. The molecule has 2 heterocycles. The summed E-state index contributed by atoms with van der Waals surface area (Å²) in [6, 6.07) is 22.3. The molecule has 1 fully saturated rings. The average Bonchev–Trinajstić information content (AvgIpc) is 2.83. The molecule has 7 nitrogen and oxygen atoms in total. The van der Waals surface area contributed by atoms with Crippen LogP contribution in [0.25, 0.3) is 0 Å². The summed E-state index contributed by atoms with van der Waals surface area (Å²) in [4.78, 5) is 27.2. The van der Waals surface area contributed by atoms with Crippen molar-refractivity contribution < 1.29 is 19.1 Å². The van der Waals surface area contributed by atoms with Crippen LogP contribution in [-0.2, 0) is 6.61 Å². The van der Waals surface area contributed by atoms with Crippen molar-refractivity contribution in [1.82, 2.24) is 10.6 Å². The molecule has 3 aromatic carbocycles. The Kier molecular flexibility index (Phi) is 5.61. The van der Waals surface area contributed by atoms with Crippen LogP contribution in [0.5, 0.6) is 11.5 Å². The van der Waals surface area contributed by atoms with Crippen LogP contribution >= 0.6 is 0 Å². The summed E-state index contributed by atoms with van der Waals surface area (Å²) in [5, 5.41) is 5.90. The van der Waals surface area contributed by atoms with E-state index in [4.69, 9.17) is 9.47 Å². The van der Waals surface area contributed by atoms with E-state index in [2.05, 4.69) is 10.6 Å². The van der Waals surface area contributed by atoms with Crippen LogP contribution in [-0.4, -0.2) is 24.2 Å². The minimum absolute atomic E-state index is 0.184. The van der Waals surface area contributed by atoms with Gasteiger partial charge in [-0.1, -0.05) is 48.5 Å². The van der Waals surface area contributed by atoms with Crippen molar-refractivity contribution >= 4 is 17.6 Å². The van der Waals surface area contributed by atoms with Crippen LogP contribution in [0.15, 0.2) is 72.8 Å². The van der Waals surface area contributed by atoms with Gasteiger partial charge in [0.2, 0.25) is 0 Å². The SMILES string of the molecule is CCNC(=O)c1cccc(N2C(=O)NC3CC2(C)Oc2c(OCc4ccccc4)cccc23)c1. The van der Waals surface area contributed by atoms with Gasteiger partial charge in [-0.15, -0.1) is 0 Å². The number of amides is 3. The highest BCUT2D eigenvalue weighted by molar-refractivity contribution is 5.99. The van der Waals surface area contributed by atoms with Gasteiger partial charge in [0.15, 0.2) is 17.2 Å². The molecule has 34 heavy (non-hydrogen) atoms. The van der Waals surface area contributed by atoms with Gasteiger partial charge in [0, 0.05) is 24.1 Å². The number of urea groups is 1. The van der Waals surface area contributed by atoms with E-state index < -0.39 is 5.72 Å². The number of fused-ring (bicyclic) bond motifs is 4. The lowest BCUT2D eigenvalue weighted by Gasteiger charge is -2.50. The van der Waals surface area contributed by atoms with Gasteiger partial charge in [-0.05, 0) is 43.7 Å². The third kappa shape index (κ3) is 3.94. The van der Waals surface area contributed by atoms with Crippen LogP contribution in [0.1, 0.15) is 47.8 Å². The Labute approximate surface area is 198 Å². The average molecular weight is 458 g/mol. The lowest BCUT2D eigenvalue weighted by Crippen LogP contribution is -2.65. The van der Waals surface area contributed by atoms with Crippen molar-refractivity contribution in [3.05, 3.63) is 89.5 Å². The van der Waals surface area contributed by atoms with Gasteiger partial charge in [-0.3, -0.25) is 9.69 Å². The van der Waals surface area contributed by atoms with E-state index >= 15 is 0 Å². The van der Waals surface area contributed by atoms with Crippen molar-refractivity contribution in [1.29, 1.82) is 0 Å². The fraction of sp³-hybridized carbons (Fsp3) is 0.259. The Bertz CT molecular complexity index is 1230. The van der Waals surface area contributed by atoms with E-state index in [1.54, 1.807) is 23.1 Å². The monoisotopic (exact) mass is 457 g/mol. The van der Waals surface area contributed by atoms with Gasteiger partial charge in [0.1, 0.15) is 6.61 Å². The third-order valence-corrected chi connectivity index (χ3v) is 6.20. The maximum atomic E-state index is 13.2. The highest BCUT2D eigenvalue weighted by Crippen LogP contribution is 2.49. The molecule has 0 saturated carbocycles. The maximum absolute atomic E-state index is 13.2. The minimum atomic E-state index is -0.952. The molecule has 174 valence electrons. The number of hydrogen-bond acceptors (Lipinski definition) is 4. The molecule has 0 spiro atoms. The second kappa shape index (κ2) is 8.74. The second-order valence-electron chi connectivity index (χ2n) is 8.68. The topological polar surface area (TPSA) is 79.9 Å². The standard InChI is InChI=1S/C27H27N3O4/c1-3-28-25(31)19-11-7-12-20(15-19)30-26(32)29-22-16-27(30,2)34-24-21(22)13-8-14-23(24)33-17-18-9-5-4-6-10-18/h4-15,22H,3,16-17H2,1-2H3,(H,28,31)(H,29,32). The van der Waals surface area contributed by atoms with Crippen LogP contribution in [0.4, 0.5) is 10.5 Å². The molecule has 2 N–H and O–H groups in total. The van der Waals surface area contributed by atoms with E-state index in [9.17, 15) is 9.59 Å². The van der Waals surface area contributed by atoms with Crippen LogP contribution in [0, 0.1) is 0 Å². The number of carbonyl (C=O) groups excluding carboxylic acids is 2. The zero-order valence-corrected chi connectivity index (χ0v) is 19.2. The van der Waals surface area contributed by atoms with Gasteiger partial charge in [0.05, 0.1) is 11.7 Å². The van der Waals surface area contributed by atoms with Gasteiger partial charge in [-0.2, -0.15) is 0 Å². The van der Waals surface area contributed by atoms with E-state index in [1.165, 1.54) is 0 Å². The molecular formula is C27H27N3O4. The molecule has 2 aliphatic heterocycles. The van der Waals surface area contributed by atoms with Crippen LogP contribution in [0.2, 0.25) is 0 Å². The predicted molar refractivity (Wildman–Crippen MR) is 129 cm³/mol. The highest BCUT2D eigenvalue weighted by atomic mass is 16.5. The minimum Gasteiger partial charge on any atom is -0.485 e. The molecule has 1 saturated heterocycles. The van der Waals surface area contributed by atoms with Crippen molar-refractivity contribution in [2.45, 2.75) is 38.6 Å². The summed E-state index contributed by atoms with van der Waals surface area (Å²) >= 11 is 0. The maximum Gasteiger partial charge on any atom is 0.325 e. The molecule has 2 unspecified atom stereocenters. The Morgan fingerprint density at radius 1 is 1.15 bits per heavy atom. The fourth-order valence-electron chi connectivity index (χ4n) is 4.65. The molecule has 7 heteroatoms. The number of ether oxygens (including phenoxy) is 2. The molecule has 2 aliphatic rings. The first-order valence-electron chi connectivity index (χ1n) is 11.5. The number of hydrogen-bond donors (Lipinski definition) is 2. The lowest BCUT2D eigenvalue weighted by molar-refractivity contribution is 0.0338. The second-order valence-corrected chi connectivity index (χ2v) is 8.68. The Morgan fingerprint density at radius 2 is 1.94 bits per heavy atom. The summed E-state index contributed by atoms with van der Waals surface area (Å²) in [7, 11) is 0. The molecule has 0 aliphatic carbocycles. The third-order valence-electron chi connectivity index (χ3n) is 6.20. The summed E-state index contributed by atoms with van der Waals surface area (Å²) in [6.45, 7) is 4.70. The Morgan fingerprint density at radius 3 is 2.74 bits per heavy atom. The molecule has 0 radical (unpaired) electrons. The van der Waals surface area contributed by atoms with Crippen molar-refractivity contribution in [3.8, 4) is 11.5 Å². The number of anilines is 1. The fourth-order valence-corrected chi connectivity index (χ4v) is 4.65. The van der Waals surface area contributed by atoms with Crippen molar-refractivity contribution in [2.75, 3.05) is 11.4 Å². The van der Waals surface area contributed by atoms with E-state index in [0.717, 1.165) is 11.1 Å². The first-order chi connectivity index (χ1) is 16.5. The quantitative estimate of drug-likeness (QED) is 0.558. The molecule has 3 aromatic rings. The summed E-state index contributed by atoms with van der Waals surface area (Å²) in [6.07, 6.45) is 0.555. The lowest BCUT2D eigenvalue weighted by atomic mass is 9.89. The van der Waals surface area contributed by atoms with Crippen LogP contribution in [0.3, 0.4) is 0 Å². The summed E-state index contributed by atoms with van der Waals surface area (Å²) in [5.41, 5.74) is 2.08. The number of para-hydroxylation sites is 1. The largest absolute Gasteiger partial charge is 0.485 e. The number of nitrogens with zero attached hydrogens (tertiary/aromatic N) is 1. The van der Waals surface area contributed by atoms with Crippen molar-refractivity contribution in [3.63, 3.8) is 0 Å². The van der Waals surface area contributed by atoms with Gasteiger partial charge < -0.3 is 20.1 Å². The number of carbonyl (C=O) groups is 2. The van der Waals surface area contributed by atoms with Gasteiger partial charge >= 0.3 is 6.03 Å². The normalized spacial score (nSPS) is 20.6. The molecule has 2 atom stereocenters. The van der Waals surface area contributed by atoms with Crippen LogP contribution < -0.4 is 25.0 Å². The Hall–Kier alpha value is -4.00. The number of benzene rings is 3. The molecule has 5 rings (SSSR count).